The lowest BCUT2D eigenvalue weighted by Crippen LogP contribution is -1.91. The van der Waals surface area contributed by atoms with Crippen molar-refractivity contribution in [3.63, 3.8) is 0 Å². The van der Waals surface area contributed by atoms with E-state index in [0.29, 0.717) is 0 Å². The number of carboxylic acids is 1. The molecular formula is C13H24O2. The zero-order valence-electron chi connectivity index (χ0n) is 10.1. The molecule has 0 amide bonds. The predicted octanol–water partition coefficient (Wildman–Crippen LogP) is 4.16. The fourth-order valence-corrected chi connectivity index (χ4v) is 1.55. The second-order valence-corrected chi connectivity index (χ2v) is 4.17. The van der Waals surface area contributed by atoms with E-state index in [9.17, 15) is 4.79 Å². The maximum Gasteiger partial charge on any atom is 0.307 e. The SMILES string of the molecule is CCCCCCCC/C(C)=C\CC(=O)O. The molecule has 0 atom stereocenters. The molecule has 1 N–H and O–H groups in total. The average Bonchev–Trinajstić information content (AvgIpc) is 2.20. The third-order valence-electron chi connectivity index (χ3n) is 2.55. The van der Waals surface area contributed by atoms with Gasteiger partial charge in [0.2, 0.25) is 0 Å². The van der Waals surface area contributed by atoms with Crippen LogP contribution in [0.2, 0.25) is 0 Å². The van der Waals surface area contributed by atoms with Crippen LogP contribution in [0.1, 0.15) is 65.2 Å². The van der Waals surface area contributed by atoms with Crippen LogP contribution in [0.4, 0.5) is 0 Å². The van der Waals surface area contributed by atoms with E-state index in [1.807, 2.05) is 13.0 Å². The van der Waals surface area contributed by atoms with Gasteiger partial charge in [0.05, 0.1) is 6.42 Å². The minimum absolute atomic E-state index is 0.168. The number of carboxylic acid groups (broad SMARTS) is 1. The van der Waals surface area contributed by atoms with E-state index < -0.39 is 5.97 Å². The lowest BCUT2D eigenvalue weighted by atomic mass is 10.1. The van der Waals surface area contributed by atoms with Crippen molar-refractivity contribution in [2.45, 2.75) is 65.2 Å². The highest BCUT2D eigenvalue weighted by Crippen LogP contribution is 2.11. The third kappa shape index (κ3) is 11.1. The van der Waals surface area contributed by atoms with Crippen LogP contribution in [-0.4, -0.2) is 11.1 Å². The summed E-state index contributed by atoms with van der Waals surface area (Å²) in [4.78, 5) is 10.3. The number of rotatable bonds is 9. The Morgan fingerprint density at radius 3 is 2.33 bits per heavy atom. The maximum absolute atomic E-state index is 10.3. The molecule has 0 aromatic carbocycles. The van der Waals surface area contributed by atoms with Crippen LogP contribution in [0.5, 0.6) is 0 Å². The summed E-state index contributed by atoms with van der Waals surface area (Å²) < 4.78 is 0. The molecule has 0 spiro atoms. The number of hydrogen-bond donors (Lipinski definition) is 1. The number of hydrogen-bond acceptors (Lipinski definition) is 1. The van der Waals surface area contributed by atoms with Gasteiger partial charge in [-0.25, -0.2) is 0 Å². The van der Waals surface area contributed by atoms with Crippen molar-refractivity contribution in [2.75, 3.05) is 0 Å². The molecule has 0 saturated heterocycles. The van der Waals surface area contributed by atoms with Gasteiger partial charge in [0.15, 0.2) is 0 Å². The largest absolute Gasteiger partial charge is 0.481 e. The molecule has 0 aliphatic rings. The van der Waals surface area contributed by atoms with Crippen molar-refractivity contribution in [2.24, 2.45) is 0 Å². The van der Waals surface area contributed by atoms with Crippen LogP contribution >= 0.6 is 0 Å². The molecule has 0 heterocycles. The van der Waals surface area contributed by atoms with Gasteiger partial charge in [-0.2, -0.15) is 0 Å². The second-order valence-electron chi connectivity index (χ2n) is 4.17. The van der Waals surface area contributed by atoms with Crippen LogP contribution in [0.3, 0.4) is 0 Å². The molecule has 0 aliphatic heterocycles. The van der Waals surface area contributed by atoms with Crippen LogP contribution in [0, 0.1) is 0 Å². The van der Waals surface area contributed by atoms with Crippen LogP contribution < -0.4 is 0 Å². The van der Waals surface area contributed by atoms with Crippen LogP contribution in [0.15, 0.2) is 11.6 Å². The molecule has 0 aromatic rings. The highest BCUT2D eigenvalue weighted by atomic mass is 16.4. The van der Waals surface area contributed by atoms with Crippen molar-refractivity contribution in [1.82, 2.24) is 0 Å². The molecule has 0 fully saturated rings. The molecule has 0 saturated carbocycles. The van der Waals surface area contributed by atoms with Gasteiger partial charge in [0.25, 0.3) is 0 Å². The van der Waals surface area contributed by atoms with Crippen molar-refractivity contribution in [3.8, 4) is 0 Å². The zero-order valence-corrected chi connectivity index (χ0v) is 10.1. The Morgan fingerprint density at radius 1 is 1.13 bits per heavy atom. The molecule has 88 valence electrons. The highest BCUT2D eigenvalue weighted by Gasteiger charge is 1.95. The first-order valence-electron chi connectivity index (χ1n) is 6.04. The average molecular weight is 212 g/mol. The third-order valence-corrected chi connectivity index (χ3v) is 2.55. The van der Waals surface area contributed by atoms with Crippen molar-refractivity contribution in [3.05, 3.63) is 11.6 Å². The first-order chi connectivity index (χ1) is 7.16. The molecule has 0 bridgehead atoms. The summed E-state index contributed by atoms with van der Waals surface area (Å²) in [5, 5.41) is 8.49. The Morgan fingerprint density at radius 2 is 1.73 bits per heavy atom. The fourth-order valence-electron chi connectivity index (χ4n) is 1.55. The van der Waals surface area contributed by atoms with Crippen LogP contribution in [0.25, 0.3) is 0 Å². The summed E-state index contributed by atoms with van der Waals surface area (Å²) >= 11 is 0. The monoisotopic (exact) mass is 212 g/mol. The molecule has 2 heteroatoms. The van der Waals surface area contributed by atoms with Crippen molar-refractivity contribution in [1.29, 1.82) is 0 Å². The van der Waals surface area contributed by atoms with Gasteiger partial charge in [0.1, 0.15) is 0 Å². The Labute approximate surface area is 93.4 Å². The lowest BCUT2D eigenvalue weighted by molar-refractivity contribution is -0.136. The van der Waals surface area contributed by atoms with E-state index in [1.54, 1.807) is 0 Å². The lowest BCUT2D eigenvalue weighted by Gasteiger charge is -2.01. The quantitative estimate of drug-likeness (QED) is 0.460. The number of carbonyl (C=O) groups is 1. The molecular weight excluding hydrogens is 188 g/mol. The summed E-state index contributed by atoms with van der Waals surface area (Å²) in [5.74, 6) is -0.739. The highest BCUT2D eigenvalue weighted by molar-refractivity contribution is 5.68. The Kier molecular flexibility index (Phi) is 9.24. The minimum Gasteiger partial charge on any atom is -0.481 e. The van der Waals surface area contributed by atoms with Crippen molar-refractivity contribution < 1.29 is 9.90 Å². The predicted molar refractivity (Wildman–Crippen MR) is 64.0 cm³/mol. The summed E-state index contributed by atoms with van der Waals surface area (Å²) in [6, 6.07) is 0. The normalized spacial score (nSPS) is 11.7. The molecule has 2 nitrogen and oxygen atoms in total. The Hall–Kier alpha value is -0.790. The molecule has 0 aliphatic carbocycles. The summed E-state index contributed by atoms with van der Waals surface area (Å²) in [6.07, 6.45) is 10.8. The number of aliphatic carboxylic acids is 1. The summed E-state index contributed by atoms with van der Waals surface area (Å²) in [6.45, 7) is 4.24. The maximum atomic E-state index is 10.3. The standard InChI is InChI=1S/C13H24O2/c1-3-4-5-6-7-8-9-12(2)10-11-13(14)15/h10H,3-9,11H2,1-2H3,(H,14,15)/b12-10-. The second kappa shape index (κ2) is 9.75. The van der Waals surface area contributed by atoms with E-state index in [1.165, 1.54) is 44.1 Å². The Balaban J connectivity index is 3.34. The van der Waals surface area contributed by atoms with E-state index in [4.69, 9.17) is 5.11 Å². The topological polar surface area (TPSA) is 37.3 Å². The fraction of sp³-hybridized carbons (Fsp3) is 0.769. The van der Waals surface area contributed by atoms with E-state index in [2.05, 4.69) is 6.92 Å². The molecule has 0 radical (unpaired) electrons. The molecule has 15 heavy (non-hydrogen) atoms. The summed E-state index contributed by atoms with van der Waals surface area (Å²) in [5.41, 5.74) is 1.22. The van der Waals surface area contributed by atoms with Gasteiger partial charge >= 0.3 is 5.97 Å². The van der Waals surface area contributed by atoms with Gasteiger partial charge in [-0.05, 0) is 19.8 Å². The van der Waals surface area contributed by atoms with E-state index in [-0.39, 0.29) is 6.42 Å². The minimum atomic E-state index is -0.739. The van der Waals surface area contributed by atoms with Crippen LogP contribution in [-0.2, 0) is 4.79 Å². The number of allylic oxidation sites excluding steroid dienone is 1. The molecule has 0 unspecified atom stereocenters. The van der Waals surface area contributed by atoms with Crippen molar-refractivity contribution >= 4 is 5.97 Å². The van der Waals surface area contributed by atoms with E-state index in [0.717, 1.165) is 6.42 Å². The van der Waals surface area contributed by atoms with Gasteiger partial charge < -0.3 is 5.11 Å². The van der Waals surface area contributed by atoms with Gasteiger partial charge in [-0.15, -0.1) is 0 Å². The van der Waals surface area contributed by atoms with Gasteiger partial charge in [0, 0.05) is 0 Å². The summed E-state index contributed by atoms with van der Waals surface area (Å²) in [7, 11) is 0. The van der Waals surface area contributed by atoms with Gasteiger partial charge in [-0.1, -0.05) is 50.7 Å². The molecule has 0 rings (SSSR count). The zero-order chi connectivity index (χ0) is 11.5. The number of unbranched alkanes of at least 4 members (excludes halogenated alkanes) is 5. The molecule has 0 aromatic heterocycles. The first kappa shape index (κ1) is 14.2. The van der Waals surface area contributed by atoms with E-state index >= 15 is 0 Å². The first-order valence-corrected chi connectivity index (χ1v) is 6.04. The smallest absolute Gasteiger partial charge is 0.307 e. The Bertz CT molecular complexity index is 195. The van der Waals surface area contributed by atoms with Gasteiger partial charge in [-0.3, -0.25) is 4.79 Å².